The molecule has 2 heterocycles. The van der Waals surface area contributed by atoms with Crippen LogP contribution in [0.3, 0.4) is 0 Å². The van der Waals surface area contributed by atoms with Crippen molar-refractivity contribution < 1.29 is 0 Å². The maximum Gasteiger partial charge on any atom is 0.147 e. The highest BCUT2D eigenvalue weighted by Gasteiger charge is 2.18. The first-order chi connectivity index (χ1) is 8.27. The van der Waals surface area contributed by atoms with Gasteiger partial charge in [-0.3, -0.25) is 5.41 Å². The van der Waals surface area contributed by atoms with Gasteiger partial charge in [-0.1, -0.05) is 18.6 Å². The smallest absolute Gasteiger partial charge is 0.147 e. The second kappa shape index (κ2) is 5.92. The number of nitrogens with one attached hydrogen (secondary N) is 1. The summed E-state index contributed by atoms with van der Waals surface area (Å²) in [7, 11) is 2.22. The zero-order chi connectivity index (χ0) is 12.1. The van der Waals surface area contributed by atoms with Crippen molar-refractivity contribution in [3.8, 4) is 0 Å². The maximum absolute atomic E-state index is 7.83. The van der Waals surface area contributed by atoms with Crippen molar-refractivity contribution in [3.63, 3.8) is 0 Å². The van der Waals surface area contributed by atoms with E-state index < -0.39 is 0 Å². The van der Waals surface area contributed by atoms with Gasteiger partial charge in [-0.15, -0.1) is 0 Å². The van der Waals surface area contributed by atoms with Crippen molar-refractivity contribution in [1.29, 1.82) is 5.41 Å². The minimum Gasteiger partial charge on any atom is -0.303 e. The predicted octanol–water partition coefficient (Wildman–Crippen LogP) is 1.98. The largest absolute Gasteiger partial charge is 0.303 e. The fraction of sp³-hybridized carbons (Fsp3) is 0.571. The van der Waals surface area contributed by atoms with Crippen molar-refractivity contribution in [2.75, 3.05) is 13.6 Å². The second-order valence-electron chi connectivity index (χ2n) is 4.87. The Morgan fingerprint density at radius 3 is 3.12 bits per heavy atom. The van der Waals surface area contributed by atoms with Crippen LogP contribution in [-0.2, 0) is 6.42 Å². The van der Waals surface area contributed by atoms with E-state index in [1.807, 2.05) is 18.2 Å². The summed E-state index contributed by atoms with van der Waals surface area (Å²) < 4.78 is 0. The number of hydrogen-bond acceptors (Lipinski definition) is 3. The average Bonchev–Trinajstić information content (AvgIpc) is 2.53. The Labute approximate surface area is 103 Å². The third-order valence-electron chi connectivity index (χ3n) is 3.67. The molecule has 0 radical (unpaired) electrons. The molecule has 0 aliphatic carbocycles. The molecule has 0 amide bonds. The summed E-state index contributed by atoms with van der Waals surface area (Å²) in [6.07, 6.45) is 7.79. The quantitative estimate of drug-likeness (QED) is 0.864. The Bertz CT molecular complexity index is 416. The van der Waals surface area contributed by atoms with Crippen LogP contribution in [0.2, 0.25) is 0 Å². The van der Waals surface area contributed by atoms with Gasteiger partial charge in [0.2, 0.25) is 0 Å². The number of hydrogen-bond donors (Lipinski definition) is 1. The highest BCUT2D eigenvalue weighted by atomic mass is 15.1. The van der Waals surface area contributed by atoms with Gasteiger partial charge in [0.25, 0.3) is 0 Å². The molecule has 1 atom stereocenters. The van der Waals surface area contributed by atoms with Gasteiger partial charge >= 0.3 is 0 Å². The van der Waals surface area contributed by atoms with Crippen molar-refractivity contribution in [2.24, 2.45) is 0 Å². The van der Waals surface area contributed by atoms with Gasteiger partial charge in [-0.25, -0.2) is 4.98 Å². The third-order valence-corrected chi connectivity index (χ3v) is 3.67. The number of nitrogens with zero attached hydrogens (tertiary/aromatic N) is 2. The summed E-state index contributed by atoms with van der Waals surface area (Å²) in [5, 5.41) is 7.83. The zero-order valence-corrected chi connectivity index (χ0v) is 10.5. The molecule has 1 aliphatic heterocycles. The van der Waals surface area contributed by atoms with E-state index in [1.54, 1.807) is 6.20 Å². The van der Waals surface area contributed by atoms with E-state index in [4.69, 9.17) is 5.41 Å². The average molecular weight is 231 g/mol. The molecule has 0 bridgehead atoms. The molecule has 1 aromatic heterocycles. The van der Waals surface area contributed by atoms with Crippen molar-refractivity contribution >= 4 is 0 Å². The Balaban J connectivity index is 1.98. The van der Waals surface area contributed by atoms with E-state index in [-0.39, 0.29) is 0 Å². The summed E-state index contributed by atoms with van der Waals surface area (Å²) >= 11 is 0. The van der Waals surface area contributed by atoms with Gasteiger partial charge in [0, 0.05) is 12.2 Å². The van der Waals surface area contributed by atoms with Gasteiger partial charge in [-0.05, 0) is 50.9 Å². The summed E-state index contributed by atoms with van der Waals surface area (Å²) in [4.78, 5) is 6.54. The molecule has 0 saturated carbocycles. The molecule has 92 valence electrons. The predicted molar refractivity (Wildman–Crippen MR) is 68.7 cm³/mol. The number of aromatic nitrogens is 1. The lowest BCUT2D eigenvalue weighted by molar-refractivity contribution is 0.176. The van der Waals surface area contributed by atoms with Crippen LogP contribution in [0.4, 0.5) is 0 Å². The lowest BCUT2D eigenvalue weighted by Gasteiger charge is -2.32. The number of piperidine rings is 1. The number of likely N-dealkylation sites (tertiary alicyclic amines) is 1. The number of aryl methyl sites for hydroxylation is 1. The minimum absolute atomic E-state index is 0.425. The van der Waals surface area contributed by atoms with Crippen LogP contribution >= 0.6 is 0 Å². The van der Waals surface area contributed by atoms with E-state index >= 15 is 0 Å². The Morgan fingerprint density at radius 2 is 2.29 bits per heavy atom. The highest BCUT2D eigenvalue weighted by Crippen LogP contribution is 2.18. The molecule has 0 spiro atoms. The van der Waals surface area contributed by atoms with Crippen molar-refractivity contribution in [3.05, 3.63) is 35.4 Å². The van der Waals surface area contributed by atoms with Gasteiger partial charge in [-0.2, -0.15) is 0 Å². The lowest BCUT2D eigenvalue weighted by atomic mass is 9.97. The third kappa shape index (κ3) is 3.37. The molecule has 1 unspecified atom stereocenters. The van der Waals surface area contributed by atoms with Gasteiger partial charge in [0.05, 0.1) is 0 Å². The first-order valence-corrected chi connectivity index (χ1v) is 6.46. The molecule has 3 nitrogen and oxygen atoms in total. The molecule has 17 heavy (non-hydrogen) atoms. The number of rotatable bonds is 3. The second-order valence-corrected chi connectivity index (χ2v) is 4.87. The van der Waals surface area contributed by atoms with Crippen LogP contribution in [0, 0.1) is 5.41 Å². The molecule has 1 fully saturated rings. The molecular formula is C14H21N3. The maximum atomic E-state index is 7.83. The SMILES string of the molecule is CN1CCCCC1CCc1ccccnc1=N. The van der Waals surface area contributed by atoms with Gasteiger partial charge in [0.1, 0.15) is 5.49 Å². The van der Waals surface area contributed by atoms with E-state index in [2.05, 4.69) is 16.9 Å². The summed E-state index contributed by atoms with van der Waals surface area (Å²) in [6.45, 7) is 1.22. The van der Waals surface area contributed by atoms with Crippen LogP contribution < -0.4 is 5.49 Å². The molecule has 0 aromatic carbocycles. The van der Waals surface area contributed by atoms with Crippen LogP contribution in [0.5, 0.6) is 0 Å². The normalized spacial score (nSPS) is 21.4. The van der Waals surface area contributed by atoms with Gasteiger partial charge in [0.15, 0.2) is 0 Å². The molecular weight excluding hydrogens is 210 g/mol. The fourth-order valence-corrected chi connectivity index (χ4v) is 2.53. The fourth-order valence-electron chi connectivity index (χ4n) is 2.53. The summed E-state index contributed by atoms with van der Waals surface area (Å²) in [5.74, 6) is 0. The lowest BCUT2D eigenvalue weighted by Crippen LogP contribution is -2.36. The first kappa shape index (κ1) is 12.2. The Hall–Kier alpha value is -1.22. The van der Waals surface area contributed by atoms with E-state index in [0.717, 1.165) is 18.4 Å². The topological polar surface area (TPSA) is 40.0 Å². The first-order valence-electron chi connectivity index (χ1n) is 6.46. The molecule has 1 N–H and O–H groups in total. The molecule has 2 rings (SSSR count). The van der Waals surface area contributed by atoms with E-state index in [9.17, 15) is 0 Å². The van der Waals surface area contributed by atoms with Crippen LogP contribution in [0.25, 0.3) is 0 Å². The standard InChI is InChI=1S/C14H21N3/c1-17-11-5-3-7-13(17)9-8-12-6-2-4-10-16-14(12)15/h2,4,6,10,13,15H,3,5,7-9,11H2,1H3. The van der Waals surface area contributed by atoms with Crippen LogP contribution in [0.15, 0.2) is 24.4 Å². The Morgan fingerprint density at radius 1 is 1.41 bits per heavy atom. The molecule has 1 aromatic rings. The van der Waals surface area contributed by atoms with E-state index in [1.165, 1.54) is 25.8 Å². The van der Waals surface area contributed by atoms with Crippen molar-refractivity contribution in [1.82, 2.24) is 9.88 Å². The van der Waals surface area contributed by atoms with Gasteiger partial charge < -0.3 is 4.90 Å². The molecule has 1 aliphatic rings. The summed E-state index contributed by atoms with van der Waals surface area (Å²) in [6, 6.07) is 6.57. The van der Waals surface area contributed by atoms with Crippen LogP contribution in [0.1, 0.15) is 31.2 Å². The minimum atomic E-state index is 0.425. The van der Waals surface area contributed by atoms with Crippen molar-refractivity contribution in [2.45, 2.75) is 38.1 Å². The monoisotopic (exact) mass is 231 g/mol. The Kier molecular flexibility index (Phi) is 4.26. The van der Waals surface area contributed by atoms with Crippen LogP contribution in [-0.4, -0.2) is 29.5 Å². The van der Waals surface area contributed by atoms with E-state index in [0.29, 0.717) is 11.5 Å². The summed E-state index contributed by atoms with van der Waals surface area (Å²) in [5.41, 5.74) is 1.49. The molecule has 1 saturated heterocycles. The molecule has 3 heteroatoms. The zero-order valence-electron chi connectivity index (χ0n) is 10.5. The highest BCUT2D eigenvalue weighted by molar-refractivity contribution is 5.07.